The van der Waals surface area contributed by atoms with E-state index in [-0.39, 0.29) is 6.10 Å². The van der Waals surface area contributed by atoms with Crippen LogP contribution in [0.4, 0.5) is 0 Å². The molecule has 15 heavy (non-hydrogen) atoms. The molecule has 0 amide bonds. The first-order valence-corrected chi connectivity index (χ1v) is 5.81. The molecule has 1 N–H and O–H groups in total. The third-order valence-electron chi connectivity index (χ3n) is 3.46. The smallest absolute Gasteiger partial charge is 0.125 e. The van der Waals surface area contributed by atoms with Crippen molar-refractivity contribution in [2.24, 2.45) is 0 Å². The number of benzene rings is 1. The summed E-state index contributed by atoms with van der Waals surface area (Å²) < 4.78 is 5.68. The second-order valence-corrected chi connectivity index (χ2v) is 4.52. The van der Waals surface area contributed by atoms with Gasteiger partial charge in [0.1, 0.15) is 5.75 Å². The van der Waals surface area contributed by atoms with E-state index >= 15 is 0 Å². The van der Waals surface area contributed by atoms with Gasteiger partial charge in [-0.3, -0.25) is 0 Å². The van der Waals surface area contributed by atoms with Crippen LogP contribution in [-0.4, -0.2) is 11.7 Å². The summed E-state index contributed by atoms with van der Waals surface area (Å²) in [5.74, 6) is 0.917. The normalized spacial score (nSPS) is 23.9. The molecule has 0 spiro atoms. The van der Waals surface area contributed by atoms with Crippen molar-refractivity contribution < 1.29 is 9.84 Å². The molecule has 0 aromatic heterocycles. The second kappa shape index (κ2) is 3.53. The monoisotopic (exact) mass is 204 g/mol. The van der Waals surface area contributed by atoms with Gasteiger partial charge in [-0.1, -0.05) is 0 Å². The summed E-state index contributed by atoms with van der Waals surface area (Å²) in [4.78, 5) is 0. The van der Waals surface area contributed by atoms with Gasteiger partial charge in [-0.15, -0.1) is 0 Å². The molecule has 0 bridgehead atoms. The third-order valence-corrected chi connectivity index (χ3v) is 3.46. The Labute approximate surface area is 89.9 Å². The molecular formula is C13H16O2. The largest absolute Gasteiger partial charge is 0.493 e. The molecule has 1 atom stereocenters. The molecule has 1 unspecified atom stereocenters. The number of rotatable bonds is 0. The number of fused-ring (bicyclic) bond motifs is 2. The highest BCUT2D eigenvalue weighted by Crippen LogP contribution is 2.36. The fourth-order valence-corrected chi connectivity index (χ4v) is 2.62. The summed E-state index contributed by atoms with van der Waals surface area (Å²) in [5, 5.41) is 9.99. The van der Waals surface area contributed by atoms with Crippen molar-refractivity contribution >= 4 is 0 Å². The van der Waals surface area contributed by atoms with Crippen LogP contribution in [0.5, 0.6) is 5.75 Å². The summed E-state index contributed by atoms with van der Waals surface area (Å²) in [7, 11) is 0. The van der Waals surface area contributed by atoms with Crippen LogP contribution in [0.25, 0.3) is 0 Å². The molecule has 1 aromatic rings. The minimum Gasteiger partial charge on any atom is -0.493 e. The van der Waals surface area contributed by atoms with E-state index in [9.17, 15) is 5.11 Å². The minimum atomic E-state index is -0.326. The molecule has 0 fully saturated rings. The van der Waals surface area contributed by atoms with E-state index in [1.165, 1.54) is 24.0 Å². The fraction of sp³-hybridized carbons (Fsp3) is 0.538. The Morgan fingerprint density at radius 3 is 2.80 bits per heavy atom. The third kappa shape index (κ3) is 1.53. The van der Waals surface area contributed by atoms with Gasteiger partial charge >= 0.3 is 0 Å². The number of aryl methyl sites for hydroxylation is 2. The molecule has 1 aromatic carbocycles. The highest BCUT2D eigenvalue weighted by atomic mass is 16.5. The summed E-state index contributed by atoms with van der Waals surface area (Å²) in [6, 6.07) is 4.31. The molecule has 0 saturated carbocycles. The van der Waals surface area contributed by atoms with Crippen LogP contribution < -0.4 is 4.74 Å². The quantitative estimate of drug-likeness (QED) is 0.703. The zero-order chi connectivity index (χ0) is 10.3. The highest BCUT2D eigenvalue weighted by Gasteiger charge is 2.21. The first-order valence-electron chi connectivity index (χ1n) is 5.81. The topological polar surface area (TPSA) is 29.5 Å². The molecule has 0 saturated heterocycles. The zero-order valence-electron chi connectivity index (χ0n) is 8.83. The predicted molar refractivity (Wildman–Crippen MR) is 58.2 cm³/mol. The Kier molecular flexibility index (Phi) is 2.17. The highest BCUT2D eigenvalue weighted by molar-refractivity contribution is 5.46. The van der Waals surface area contributed by atoms with Crippen molar-refractivity contribution in [2.45, 2.75) is 38.2 Å². The number of ether oxygens (including phenoxy) is 1. The lowest BCUT2D eigenvalue weighted by Crippen LogP contribution is -1.98. The van der Waals surface area contributed by atoms with E-state index in [1.54, 1.807) is 0 Å². The lowest BCUT2D eigenvalue weighted by Gasteiger charge is -2.13. The van der Waals surface area contributed by atoms with Gasteiger partial charge in [0.2, 0.25) is 0 Å². The van der Waals surface area contributed by atoms with E-state index in [2.05, 4.69) is 12.1 Å². The Morgan fingerprint density at radius 2 is 1.93 bits per heavy atom. The summed E-state index contributed by atoms with van der Waals surface area (Å²) >= 11 is 0. The summed E-state index contributed by atoms with van der Waals surface area (Å²) in [6.45, 7) is 0.739. The van der Waals surface area contributed by atoms with Gasteiger partial charge in [-0.25, -0.2) is 0 Å². The van der Waals surface area contributed by atoms with Crippen molar-refractivity contribution in [1.82, 2.24) is 0 Å². The maximum Gasteiger partial charge on any atom is 0.125 e. The minimum absolute atomic E-state index is 0.326. The van der Waals surface area contributed by atoms with Crippen LogP contribution in [-0.2, 0) is 12.8 Å². The molecule has 80 valence electrons. The number of hydrogen-bond acceptors (Lipinski definition) is 2. The number of aliphatic hydroxyl groups excluding tert-OH is 1. The molecular weight excluding hydrogens is 188 g/mol. The van der Waals surface area contributed by atoms with Gasteiger partial charge in [0.15, 0.2) is 0 Å². The van der Waals surface area contributed by atoms with Gasteiger partial charge in [0.05, 0.1) is 12.7 Å². The van der Waals surface area contributed by atoms with E-state index in [0.29, 0.717) is 0 Å². The van der Waals surface area contributed by atoms with E-state index in [0.717, 1.165) is 37.2 Å². The van der Waals surface area contributed by atoms with Crippen molar-refractivity contribution in [1.29, 1.82) is 0 Å². The SMILES string of the molecule is OC1CCCOc2cc3c(cc21)CCC3. The molecule has 2 heteroatoms. The first kappa shape index (κ1) is 9.22. The van der Waals surface area contributed by atoms with Crippen LogP contribution in [0.3, 0.4) is 0 Å². The maximum atomic E-state index is 9.99. The lowest BCUT2D eigenvalue weighted by atomic mass is 10.00. The molecule has 0 radical (unpaired) electrons. The molecule has 2 nitrogen and oxygen atoms in total. The van der Waals surface area contributed by atoms with Gasteiger partial charge in [0.25, 0.3) is 0 Å². The Bertz CT molecular complexity index is 384. The maximum absolute atomic E-state index is 9.99. The average Bonchev–Trinajstić information content (AvgIpc) is 2.62. The first-order chi connectivity index (χ1) is 7.34. The molecule has 1 aliphatic heterocycles. The van der Waals surface area contributed by atoms with Crippen LogP contribution in [0.15, 0.2) is 12.1 Å². The Morgan fingerprint density at radius 1 is 1.13 bits per heavy atom. The average molecular weight is 204 g/mol. The summed E-state index contributed by atoms with van der Waals surface area (Å²) in [5.41, 5.74) is 3.84. The van der Waals surface area contributed by atoms with Crippen LogP contribution >= 0.6 is 0 Å². The van der Waals surface area contributed by atoms with E-state index < -0.39 is 0 Å². The van der Waals surface area contributed by atoms with Crippen molar-refractivity contribution in [3.63, 3.8) is 0 Å². The van der Waals surface area contributed by atoms with E-state index in [1.807, 2.05) is 0 Å². The van der Waals surface area contributed by atoms with Crippen molar-refractivity contribution in [3.05, 3.63) is 28.8 Å². The standard InChI is InChI=1S/C13H16O2/c14-12-5-2-6-15-13-8-10-4-1-3-9(10)7-11(12)13/h7-8,12,14H,1-6H2. The van der Waals surface area contributed by atoms with Crippen molar-refractivity contribution in [2.75, 3.05) is 6.61 Å². The molecule has 1 heterocycles. The zero-order valence-corrected chi connectivity index (χ0v) is 8.83. The van der Waals surface area contributed by atoms with Gasteiger partial charge in [-0.2, -0.15) is 0 Å². The number of aliphatic hydroxyl groups is 1. The predicted octanol–water partition coefficient (Wildman–Crippen LogP) is 2.38. The second-order valence-electron chi connectivity index (χ2n) is 4.52. The van der Waals surface area contributed by atoms with Crippen LogP contribution in [0, 0.1) is 0 Å². The van der Waals surface area contributed by atoms with Gasteiger partial charge in [-0.05, 0) is 55.4 Å². The fourth-order valence-electron chi connectivity index (χ4n) is 2.62. The van der Waals surface area contributed by atoms with E-state index in [4.69, 9.17) is 4.74 Å². The molecule has 2 aliphatic rings. The van der Waals surface area contributed by atoms with Crippen molar-refractivity contribution in [3.8, 4) is 5.75 Å². The van der Waals surface area contributed by atoms with Crippen LogP contribution in [0.2, 0.25) is 0 Å². The number of hydrogen-bond donors (Lipinski definition) is 1. The summed E-state index contributed by atoms with van der Waals surface area (Å²) in [6.07, 6.45) is 5.02. The van der Waals surface area contributed by atoms with Gasteiger partial charge < -0.3 is 9.84 Å². The molecule has 3 rings (SSSR count). The Hall–Kier alpha value is -1.02. The molecule has 1 aliphatic carbocycles. The van der Waals surface area contributed by atoms with Crippen LogP contribution in [0.1, 0.15) is 42.1 Å². The Balaban J connectivity index is 2.09. The van der Waals surface area contributed by atoms with Gasteiger partial charge in [0, 0.05) is 5.56 Å². The lowest BCUT2D eigenvalue weighted by molar-refractivity contribution is 0.167.